The van der Waals surface area contributed by atoms with Gasteiger partial charge in [0.1, 0.15) is 14.1 Å². The van der Waals surface area contributed by atoms with Crippen LogP contribution < -0.4 is 0 Å². The highest BCUT2D eigenvalue weighted by Gasteiger charge is 2.24. The topological polar surface area (TPSA) is 37.3 Å². The van der Waals surface area contributed by atoms with E-state index in [-0.39, 0.29) is 5.92 Å². The molecule has 0 aromatic heterocycles. The van der Waals surface area contributed by atoms with E-state index in [2.05, 4.69) is 6.92 Å². The predicted octanol–water partition coefficient (Wildman–Crippen LogP) is 1.80. The van der Waals surface area contributed by atoms with Gasteiger partial charge in [0, 0.05) is 12.3 Å². The van der Waals surface area contributed by atoms with Crippen molar-refractivity contribution in [1.29, 1.82) is 0 Å². The van der Waals surface area contributed by atoms with E-state index >= 15 is 0 Å². The quantitative estimate of drug-likeness (QED) is 0.547. The summed E-state index contributed by atoms with van der Waals surface area (Å²) in [5, 5.41) is 9.47. The number of hydrogen-bond acceptors (Lipinski definition) is 2. The molecule has 0 fully saturated rings. The van der Waals surface area contributed by atoms with Gasteiger partial charge < -0.3 is 9.90 Å². The van der Waals surface area contributed by atoms with Crippen LogP contribution in [0.3, 0.4) is 0 Å². The zero-order valence-electron chi connectivity index (χ0n) is 9.12. The zero-order valence-corrected chi connectivity index (χ0v) is 9.12. The summed E-state index contributed by atoms with van der Waals surface area (Å²) < 4.78 is 0. The van der Waals surface area contributed by atoms with Gasteiger partial charge in [0.15, 0.2) is 0 Å². The first-order valence-corrected chi connectivity index (χ1v) is 5.51. The highest BCUT2D eigenvalue weighted by molar-refractivity contribution is 6.21. The Morgan fingerprint density at radius 3 is 2.93 bits per heavy atom. The average Bonchev–Trinajstić information content (AvgIpc) is 2.19. The van der Waals surface area contributed by atoms with Crippen molar-refractivity contribution in [2.24, 2.45) is 11.8 Å². The summed E-state index contributed by atoms with van der Waals surface area (Å²) in [5.74, 6) is 1.20. The number of hydrogen-bond donors (Lipinski definition) is 1. The van der Waals surface area contributed by atoms with Crippen LogP contribution in [-0.2, 0) is 4.79 Å². The normalized spacial score (nSPS) is 24.8. The number of carbonyl (C=O) groups is 1. The molecule has 2 unspecified atom stereocenters. The lowest BCUT2D eigenvalue weighted by Gasteiger charge is -2.27. The molecule has 2 atom stereocenters. The second-order valence-electron chi connectivity index (χ2n) is 4.32. The Balaban J connectivity index is 2.58. The third-order valence-corrected chi connectivity index (χ3v) is 3.22. The minimum atomic E-state index is 0.197. The molecule has 0 spiro atoms. The first-order chi connectivity index (χ1) is 6.69. The van der Waals surface area contributed by atoms with Gasteiger partial charge >= 0.3 is 0 Å². The van der Waals surface area contributed by atoms with Gasteiger partial charge in [-0.2, -0.15) is 0 Å². The number of aldehydes is 1. The van der Waals surface area contributed by atoms with Gasteiger partial charge in [0.2, 0.25) is 0 Å². The Hall–Kier alpha value is -0.725. The van der Waals surface area contributed by atoms with E-state index in [4.69, 9.17) is 0 Å². The van der Waals surface area contributed by atoms with Gasteiger partial charge in [-0.25, -0.2) is 0 Å². The number of aliphatic hydroxyl groups is 1. The molecule has 1 N–H and O–H groups in total. The molecule has 0 aromatic carbocycles. The molecular formula is C11H19BO2. The highest BCUT2D eigenvalue weighted by atomic mass is 16.3. The maximum atomic E-state index is 10.9. The summed E-state index contributed by atoms with van der Waals surface area (Å²) >= 11 is 0. The van der Waals surface area contributed by atoms with Crippen molar-refractivity contribution in [3.05, 3.63) is 11.2 Å². The first kappa shape index (κ1) is 11.4. The summed E-state index contributed by atoms with van der Waals surface area (Å²) in [7, 11) is 1.97. The van der Waals surface area contributed by atoms with Crippen molar-refractivity contribution in [3.63, 3.8) is 0 Å². The summed E-state index contributed by atoms with van der Waals surface area (Å²) in [6, 6.07) is 0. The molecule has 1 rings (SSSR count). The number of aliphatic hydroxyl groups excluding tert-OH is 1. The average molecular weight is 194 g/mol. The molecule has 0 heterocycles. The lowest BCUT2D eigenvalue weighted by atomic mass is 9.73. The molecule has 78 valence electrons. The Labute approximate surface area is 86.8 Å². The lowest BCUT2D eigenvalue weighted by molar-refractivity contribution is -0.112. The van der Waals surface area contributed by atoms with E-state index in [9.17, 15) is 9.90 Å². The second-order valence-corrected chi connectivity index (χ2v) is 4.32. The summed E-state index contributed by atoms with van der Waals surface area (Å²) in [5.41, 5.74) is 1.07. The van der Waals surface area contributed by atoms with Crippen LogP contribution >= 0.6 is 0 Å². The van der Waals surface area contributed by atoms with Crippen LogP contribution in [0, 0.1) is 11.8 Å². The van der Waals surface area contributed by atoms with Crippen LogP contribution in [0.5, 0.6) is 0 Å². The smallest absolute Gasteiger partial charge is 0.138 e. The molecule has 0 saturated carbocycles. The largest absolute Gasteiger partial charge is 0.513 e. The second kappa shape index (κ2) is 5.23. The van der Waals surface area contributed by atoms with Gasteiger partial charge in [-0.1, -0.05) is 18.8 Å². The van der Waals surface area contributed by atoms with Crippen LogP contribution in [-0.4, -0.2) is 19.2 Å². The van der Waals surface area contributed by atoms with Crippen LogP contribution in [0.25, 0.3) is 0 Å². The Kier molecular flexibility index (Phi) is 4.24. The third-order valence-electron chi connectivity index (χ3n) is 3.22. The molecule has 1 aliphatic carbocycles. The number of carbonyl (C=O) groups excluding carboxylic acids is 1. The summed E-state index contributed by atoms with van der Waals surface area (Å²) in [6.07, 6.45) is 5.77. The molecule has 0 bridgehead atoms. The SMILES string of the molecule is BC1=C(O)CCC(C(C=O)CCC)C1. The Morgan fingerprint density at radius 1 is 1.71 bits per heavy atom. The molecule has 2 nitrogen and oxygen atoms in total. The fourth-order valence-electron chi connectivity index (χ4n) is 2.26. The Bertz CT molecular complexity index is 235. The van der Waals surface area contributed by atoms with Gasteiger partial charge in [-0.05, 0) is 25.2 Å². The maximum absolute atomic E-state index is 10.9. The van der Waals surface area contributed by atoms with Crippen LogP contribution in [0.2, 0.25) is 0 Å². The van der Waals surface area contributed by atoms with E-state index in [1.54, 1.807) is 0 Å². The first-order valence-electron chi connectivity index (χ1n) is 5.51. The Morgan fingerprint density at radius 2 is 2.43 bits per heavy atom. The molecule has 0 aliphatic heterocycles. The fraction of sp³-hybridized carbons (Fsp3) is 0.727. The zero-order chi connectivity index (χ0) is 10.6. The maximum Gasteiger partial charge on any atom is 0.138 e. The molecule has 0 radical (unpaired) electrons. The molecule has 0 aromatic rings. The van der Waals surface area contributed by atoms with Crippen molar-refractivity contribution < 1.29 is 9.90 Å². The highest BCUT2D eigenvalue weighted by Crippen LogP contribution is 2.32. The van der Waals surface area contributed by atoms with Crippen molar-refractivity contribution in [3.8, 4) is 0 Å². The fourth-order valence-corrected chi connectivity index (χ4v) is 2.26. The minimum Gasteiger partial charge on any atom is -0.513 e. The number of rotatable bonds is 4. The molecule has 0 saturated heterocycles. The molecule has 0 amide bonds. The van der Waals surface area contributed by atoms with Crippen LogP contribution in [0.4, 0.5) is 0 Å². The monoisotopic (exact) mass is 194 g/mol. The van der Waals surface area contributed by atoms with Gasteiger partial charge in [0.25, 0.3) is 0 Å². The lowest BCUT2D eigenvalue weighted by Crippen LogP contribution is -2.21. The number of allylic oxidation sites excluding steroid dienone is 2. The van der Waals surface area contributed by atoms with Crippen molar-refractivity contribution >= 4 is 14.1 Å². The van der Waals surface area contributed by atoms with Gasteiger partial charge in [-0.3, -0.25) is 0 Å². The van der Waals surface area contributed by atoms with Crippen molar-refractivity contribution in [2.45, 2.75) is 39.0 Å². The van der Waals surface area contributed by atoms with E-state index in [1.807, 2.05) is 7.85 Å². The third kappa shape index (κ3) is 2.63. The van der Waals surface area contributed by atoms with Gasteiger partial charge in [-0.15, -0.1) is 0 Å². The molecular weight excluding hydrogens is 175 g/mol. The van der Waals surface area contributed by atoms with E-state index in [0.717, 1.165) is 43.9 Å². The summed E-state index contributed by atoms with van der Waals surface area (Å²) in [4.78, 5) is 10.9. The van der Waals surface area contributed by atoms with E-state index in [1.165, 1.54) is 0 Å². The van der Waals surface area contributed by atoms with E-state index < -0.39 is 0 Å². The standard InChI is InChI=1S/C11H19BO2/c1-2-3-9(7-13)8-4-5-11(14)10(12)6-8/h7-9,14H,2-6,12H2,1H3. The molecule has 14 heavy (non-hydrogen) atoms. The van der Waals surface area contributed by atoms with Crippen LogP contribution in [0.15, 0.2) is 11.2 Å². The van der Waals surface area contributed by atoms with E-state index in [0.29, 0.717) is 11.7 Å². The van der Waals surface area contributed by atoms with Crippen molar-refractivity contribution in [2.75, 3.05) is 0 Å². The van der Waals surface area contributed by atoms with Gasteiger partial charge in [0.05, 0.1) is 5.76 Å². The minimum absolute atomic E-state index is 0.197. The predicted molar refractivity (Wildman–Crippen MR) is 60.0 cm³/mol. The molecule has 1 aliphatic rings. The van der Waals surface area contributed by atoms with Crippen LogP contribution in [0.1, 0.15) is 39.0 Å². The summed E-state index contributed by atoms with van der Waals surface area (Å²) in [6.45, 7) is 2.11. The molecule has 3 heteroatoms. The van der Waals surface area contributed by atoms with Crippen molar-refractivity contribution in [1.82, 2.24) is 0 Å².